The Morgan fingerprint density at radius 2 is 2.38 bits per heavy atom. The van der Waals surface area contributed by atoms with E-state index in [9.17, 15) is 4.79 Å². The van der Waals surface area contributed by atoms with E-state index in [-0.39, 0.29) is 17.8 Å². The van der Waals surface area contributed by atoms with Gasteiger partial charge in [0.1, 0.15) is 0 Å². The van der Waals surface area contributed by atoms with E-state index in [0.29, 0.717) is 18.6 Å². The van der Waals surface area contributed by atoms with Crippen LogP contribution >= 0.6 is 0 Å². The Kier molecular flexibility index (Phi) is 5.09. The Hall–Kier alpha value is -1.72. The van der Waals surface area contributed by atoms with Gasteiger partial charge >= 0.3 is 0 Å². The van der Waals surface area contributed by atoms with Crippen LogP contribution in [-0.2, 0) is 14.3 Å². The van der Waals surface area contributed by atoms with Crippen molar-refractivity contribution in [1.29, 1.82) is 0 Å². The van der Waals surface area contributed by atoms with Crippen LogP contribution in [0.3, 0.4) is 0 Å². The van der Waals surface area contributed by atoms with Crippen molar-refractivity contribution in [3.05, 3.63) is 35.5 Å². The maximum absolute atomic E-state index is 11.8. The first-order valence-electron chi connectivity index (χ1n) is 7.03. The van der Waals surface area contributed by atoms with E-state index in [4.69, 9.17) is 14.7 Å². The second-order valence-electron chi connectivity index (χ2n) is 5.54. The van der Waals surface area contributed by atoms with Gasteiger partial charge in [-0.05, 0) is 43.6 Å². The van der Waals surface area contributed by atoms with Crippen molar-refractivity contribution in [2.24, 2.45) is 11.1 Å². The van der Waals surface area contributed by atoms with Gasteiger partial charge in [0, 0.05) is 12.3 Å². The fraction of sp³-hybridized carbons (Fsp3) is 0.500. The maximum atomic E-state index is 11.8. The summed E-state index contributed by atoms with van der Waals surface area (Å²) in [5.41, 5.74) is 2.52. The van der Waals surface area contributed by atoms with Gasteiger partial charge in [0.2, 0.25) is 0 Å². The summed E-state index contributed by atoms with van der Waals surface area (Å²) in [5.74, 6) is -0.0168. The monoisotopic (exact) mass is 291 g/mol. The van der Waals surface area contributed by atoms with Gasteiger partial charge in [-0.3, -0.25) is 4.79 Å². The van der Waals surface area contributed by atoms with Gasteiger partial charge in [-0.2, -0.15) is 0 Å². The van der Waals surface area contributed by atoms with Crippen molar-refractivity contribution >= 4 is 12.0 Å². The average Bonchev–Trinajstić information content (AvgIpc) is 2.41. The van der Waals surface area contributed by atoms with Crippen LogP contribution in [0.1, 0.15) is 26.7 Å². The first-order valence-corrected chi connectivity index (χ1v) is 7.03. The molecule has 114 valence electrons. The predicted molar refractivity (Wildman–Crippen MR) is 79.3 cm³/mol. The lowest BCUT2D eigenvalue weighted by molar-refractivity contribution is -0.151. The lowest BCUT2D eigenvalue weighted by atomic mass is 9.80. The van der Waals surface area contributed by atoms with E-state index in [1.54, 1.807) is 13.0 Å². The average molecular weight is 291 g/mol. The first kappa shape index (κ1) is 15.7. The second kappa shape index (κ2) is 6.83. The minimum Gasteiger partial charge on any atom is -0.411 e. The van der Waals surface area contributed by atoms with Crippen molar-refractivity contribution in [3.8, 4) is 0 Å². The summed E-state index contributed by atoms with van der Waals surface area (Å²) in [5, 5.41) is 11.9. The van der Waals surface area contributed by atoms with E-state index in [1.807, 2.05) is 13.0 Å². The van der Waals surface area contributed by atoms with Gasteiger partial charge in [-0.1, -0.05) is 10.7 Å². The molecule has 5 heteroatoms. The minimum atomic E-state index is -0.504. The number of fused-ring (bicyclic) bond motifs is 1. The molecule has 0 fully saturated rings. The molecule has 0 aromatic carbocycles. The third kappa shape index (κ3) is 3.89. The molecule has 0 aromatic rings. The molecule has 21 heavy (non-hydrogen) atoms. The lowest BCUT2D eigenvalue weighted by Crippen LogP contribution is -2.39. The molecule has 0 saturated carbocycles. The van der Waals surface area contributed by atoms with Gasteiger partial charge in [0.15, 0.2) is 12.1 Å². The number of oxime groups is 1. The zero-order valence-corrected chi connectivity index (χ0v) is 12.4. The Bertz CT molecular complexity index is 518. The van der Waals surface area contributed by atoms with Gasteiger partial charge < -0.3 is 14.7 Å². The fourth-order valence-corrected chi connectivity index (χ4v) is 2.49. The smallest absolute Gasteiger partial charge is 0.178 e. The summed E-state index contributed by atoms with van der Waals surface area (Å²) in [6.45, 7) is 8.07. The van der Waals surface area contributed by atoms with Crippen LogP contribution in [0.4, 0.5) is 0 Å². The summed E-state index contributed by atoms with van der Waals surface area (Å²) in [7, 11) is 0. The van der Waals surface area contributed by atoms with Crippen LogP contribution in [0.25, 0.3) is 0 Å². The number of allylic oxidation sites excluding steroid dienone is 1. The number of carbonyl (C=O) groups is 1. The van der Waals surface area contributed by atoms with Crippen LogP contribution in [0.2, 0.25) is 0 Å². The molecule has 2 rings (SSSR count). The number of ketones is 1. The third-order valence-corrected chi connectivity index (χ3v) is 3.72. The number of carbonyl (C=O) groups excluding carboxylic acids is 1. The third-order valence-electron chi connectivity index (χ3n) is 3.72. The van der Waals surface area contributed by atoms with Crippen molar-refractivity contribution in [1.82, 2.24) is 0 Å². The van der Waals surface area contributed by atoms with Crippen LogP contribution < -0.4 is 0 Å². The molecule has 0 saturated heterocycles. The highest BCUT2D eigenvalue weighted by molar-refractivity contribution is 5.97. The Morgan fingerprint density at radius 3 is 3.05 bits per heavy atom. The Morgan fingerprint density at radius 1 is 1.62 bits per heavy atom. The molecule has 1 N–H and O–H groups in total. The SMILES string of the molecule is C=C(C)CCOC1C=C(/C=N/O)[C@H]2CC(=O)C(C)=CC2O1. The highest BCUT2D eigenvalue weighted by atomic mass is 16.7. The van der Waals surface area contributed by atoms with Gasteiger partial charge in [0.05, 0.1) is 18.9 Å². The minimum absolute atomic E-state index is 0.0961. The molecule has 1 heterocycles. The molecule has 1 aliphatic heterocycles. The molecule has 0 spiro atoms. The molecule has 0 bridgehead atoms. The van der Waals surface area contributed by atoms with Crippen LogP contribution in [0.15, 0.2) is 40.6 Å². The molecule has 5 nitrogen and oxygen atoms in total. The van der Waals surface area contributed by atoms with Crippen molar-refractivity contribution in [3.63, 3.8) is 0 Å². The van der Waals surface area contributed by atoms with E-state index in [0.717, 1.165) is 17.6 Å². The quantitative estimate of drug-likeness (QED) is 0.366. The number of hydrogen-bond donors (Lipinski definition) is 1. The first-order chi connectivity index (χ1) is 10.0. The summed E-state index contributed by atoms with van der Waals surface area (Å²) in [6, 6.07) is 0. The number of Topliss-reactive ketones (excluding diaryl/α,β-unsaturated/α-hetero) is 1. The number of hydrogen-bond acceptors (Lipinski definition) is 5. The normalized spacial score (nSPS) is 29.0. The molecule has 2 aliphatic rings. The summed E-state index contributed by atoms with van der Waals surface area (Å²) in [4.78, 5) is 11.8. The van der Waals surface area contributed by atoms with E-state index in [2.05, 4.69) is 11.7 Å². The summed E-state index contributed by atoms with van der Waals surface area (Å²) >= 11 is 0. The maximum Gasteiger partial charge on any atom is 0.178 e. The highest BCUT2D eigenvalue weighted by Crippen LogP contribution is 2.33. The van der Waals surface area contributed by atoms with E-state index in [1.165, 1.54) is 6.21 Å². The van der Waals surface area contributed by atoms with Crippen LogP contribution in [0, 0.1) is 5.92 Å². The van der Waals surface area contributed by atoms with Crippen LogP contribution in [-0.4, -0.2) is 36.2 Å². The largest absolute Gasteiger partial charge is 0.411 e. The number of ether oxygens (including phenoxy) is 2. The number of nitrogens with zero attached hydrogens (tertiary/aromatic N) is 1. The standard InChI is InChI=1S/C16H21NO4/c1-10(2)4-5-20-16-7-12(9-17-19)13-8-14(18)11(3)6-15(13)21-16/h6-7,9,13,15-16,19H,1,4-5,8H2,2-3H3/b17-9+/t13-,15?,16?/m1/s1. The second-order valence-corrected chi connectivity index (χ2v) is 5.54. The zero-order valence-electron chi connectivity index (χ0n) is 12.4. The highest BCUT2D eigenvalue weighted by Gasteiger charge is 2.36. The predicted octanol–water partition coefficient (Wildman–Crippen LogP) is 2.62. The molecule has 3 atom stereocenters. The summed E-state index contributed by atoms with van der Waals surface area (Å²) < 4.78 is 11.5. The number of rotatable bonds is 5. The van der Waals surface area contributed by atoms with Crippen molar-refractivity contribution in [2.75, 3.05) is 6.61 Å². The topological polar surface area (TPSA) is 68.1 Å². The zero-order chi connectivity index (χ0) is 15.4. The van der Waals surface area contributed by atoms with Gasteiger partial charge in [0.25, 0.3) is 0 Å². The van der Waals surface area contributed by atoms with Gasteiger partial charge in [-0.25, -0.2) is 0 Å². The van der Waals surface area contributed by atoms with Crippen molar-refractivity contribution < 1.29 is 19.5 Å². The molecule has 0 amide bonds. The lowest BCUT2D eigenvalue weighted by Gasteiger charge is -2.36. The molecule has 0 aromatic heterocycles. The molecule has 0 radical (unpaired) electrons. The van der Waals surface area contributed by atoms with Crippen molar-refractivity contribution in [2.45, 2.75) is 39.1 Å². The molecular formula is C16H21NO4. The van der Waals surface area contributed by atoms with E-state index < -0.39 is 6.29 Å². The fourth-order valence-electron chi connectivity index (χ4n) is 2.49. The van der Waals surface area contributed by atoms with E-state index >= 15 is 0 Å². The van der Waals surface area contributed by atoms with Crippen LogP contribution in [0.5, 0.6) is 0 Å². The molecule has 1 aliphatic carbocycles. The Balaban J connectivity index is 2.13. The summed E-state index contributed by atoms with van der Waals surface area (Å²) in [6.07, 6.45) is 5.34. The Labute approximate surface area is 124 Å². The molecule has 2 unspecified atom stereocenters. The molecular weight excluding hydrogens is 270 g/mol. The van der Waals surface area contributed by atoms with Gasteiger partial charge in [-0.15, -0.1) is 6.58 Å².